The lowest BCUT2D eigenvalue weighted by Gasteiger charge is -2.36. The van der Waals surface area contributed by atoms with Gasteiger partial charge in [0, 0.05) is 42.9 Å². The third-order valence-electron chi connectivity index (χ3n) is 5.50. The second-order valence-corrected chi connectivity index (χ2v) is 7.45. The van der Waals surface area contributed by atoms with Crippen molar-refractivity contribution in [3.8, 4) is 5.75 Å². The monoisotopic (exact) mass is 414 g/mol. The number of hydrogen-bond acceptors (Lipinski definition) is 4. The molecule has 0 aliphatic carbocycles. The van der Waals surface area contributed by atoms with Crippen LogP contribution in [0.15, 0.2) is 78.9 Å². The molecule has 0 N–H and O–H groups in total. The van der Waals surface area contributed by atoms with E-state index in [-0.39, 0.29) is 11.7 Å². The molecule has 1 saturated heterocycles. The predicted molar refractivity (Wildman–Crippen MR) is 122 cm³/mol. The van der Waals surface area contributed by atoms with Crippen LogP contribution in [-0.4, -0.2) is 49.4 Å². The summed E-state index contributed by atoms with van der Waals surface area (Å²) in [5, 5.41) is 0. The van der Waals surface area contributed by atoms with Gasteiger partial charge in [-0.15, -0.1) is 0 Å². The van der Waals surface area contributed by atoms with Gasteiger partial charge >= 0.3 is 0 Å². The number of benzene rings is 3. The summed E-state index contributed by atoms with van der Waals surface area (Å²) in [5.74, 6) is 0.834. The Labute approximate surface area is 182 Å². The Morgan fingerprint density at radius 3 is 2.00 bits per heavy atom. The molecule has 158 valence electrons. The molecule has 0 atom stereocenters. The number of ether oxygens (including phenoxy) is 1. The molecule has 1 fully saturated rings. The average Bonchev–Trinajstić information content (AvgIpc) is 2.84. The normalized spacial score (nSPS) is 13.7. The van der Waals surface area contributed by atoms with Crippen molar-refractivity contribution in [1.29, 1.82) is 0 Å². The number of carbonyl (C=O) groups excluding carboxylic acids is 2. The summed E-state index contributed by atoms with van der Waals surface area (Å²) in [7, 11) is 0. The number of rotatable bonds is 6. The highest BCUT2D eigenvalue weighted by molar-refractivity contribution is 6.09. The number of para-hydroxylation sites is 2. The van der Waals surface area contributed by atoms with E-state index < -0.39 is 0 Å². The molecule has 1 aliphatic heterocycles. The van der Waals surface area contributed by atoms with Gasteiger partial charge < -0.3 is 14.5 Å². The first-order chi connectivity index (χ1) is 15.2. The molecule has 1 amide bonds. The molecule has 5 heteroatoms. The molecular formula is C26H26N2O3. The second kappa shape index (κ2) is 9.47. The van der Waals surface area contributed by atoms with E-state index in [1.807, 2.05) is 48.2 Å². The first-order valence-electron chi connectivity index (χ1n) is 10.6. The smallest absolute Gasteiger partial charge is 0.253 e. The molecule has 0 spiro atoms. The van der Waals surface area contributed by atoms with Gasteiger partial charge in [0.15, 0.2) is 5.78 Å². The van der Waals surface area contributed by atoms with Crippen molar-refractivity contribution in [1.82, 2.24) is 4.90 Å². The summed E-state index contributed by atoms with van der Waals surface area (Å²) in [4.78, 5) is 29.7. The van der Waals surface area contributed by atoms with Crippen LogP contribution in [0.3, 0.4) is 0 Å². The van der Waals surface area contributed by atoms with E-state index in [2.05, 4.69) is 11.0 Å². The van der Waals surface area contributed by atoms with Gasteiger partial charge in [-0.1, -0.05) is 54.6 Å². The number of piperazine rings is 1. The Morgan fingerprint density at radius 1 is 0.742 bits per heavy atom. The van der Waals surface area contributed by atoms with Gasteiger partial charge in [-0.25, -0.2) is 0 Å². The maximum atomic E-state index is 13.0. The average molecular weight is 415 g/mol. The van der Waals surface area contributed by atoms with Gasteiger partial charge in [-0.2, -0.15) is 0 Å². The van der Waals surface area contributed by atoms with Crippen molar-refractivity contribution in [2.75, 3.05) is 37.7 Å². The fourth-order valence-corrected chi connectivity index (χ4v) is 3.85. The van der Waals surface area contributed by atoms with E-state index >= 15 is 0 Å². The van der Waals surface area contributed by atoms with Crippen LogP contribution in [0.5, 0.6) is 5.75 Å². The van der Waals surface area contributed by atoms with Crippen LogP contribution in [0.4, 0.5) is 5.69 Å². The molecule has 1 heterocycles. The van der Waals surface area contributed by atoms with E-state index in [4.69, 9.17) is 4.74 Å². The fourth-order valence-electron chi connectivity index (χ4n) is 3.85. The van der Waals surface area contributed by atoms with Crippen molar-refractivity contribution in [2.24, 2.45) is 0 Å². The van der Waals surface area contributed by atoms with Crippen molar-refractivity contribution < 1.29 is 14.3 Å². The first kappa shape index (κ1) is 20.7. The van der Waals surface area contributed by atoms with Crippen molar-refractivity contribution in [3.05, 3.63) is 95.6 Å². The molecule has 0 bridgehead atoms. The van der Waals surface area contributed by atoms with E-state index in [0.717, 1.165) is 24.5 Å². The topological polar surface area (TPSA) is 49.9 Å². The van der Waals surface area contributed by atoms with Gasteiger partial charge in [0.2, 0.25) is 0 Å². The van der Waals surface area contributed by atoms with Gasteiger partial charge in [-0.3, -0.25) is 9.59 Å². The van der Waals surface area contributed by atoms with Crippen LogP contribution >= 0.6 is 0 Å². The maximum Gasteiger partial charge on any atom is 0.253 e. The minimum atomic E-state index is -0.0406. The molecule has 0 aromatic heterocycles. The summed E-state index contributed by atoms with van der Waals surface area (Å²) < 4.78 is 5.75. The number of hydrogen-bond donors (Lipinski definition) is 0. The summed E-state index contributed by atoms with van der Waals surface area (Å²) in [5.41, 5.74) is 2.90. The zero-order valence-corrected chi connectivity index (χ0v) is 17.7. The summed E-state index contributed by atoms with van der Waals surface area (Å²) >= 11 is 0. The zero-order chi connectivity index (χ0) is 21.6. The third-order valence-corrected chi connectivity index (χ3v) is 5.50. The molecule has 5 nitrogen and oxygen atoms in total. The summed E-state index contributed by atoms with van der Waals surface area (Å²) in [6.07, 6.45) is 0. The molecular weight excluding hydrogens is 388 g/mol. The second-order valence-electron chi connectivity index (χ2n) is 7.45. The third kappa shape index (κ3) is 4.61. The van der Waals surface area contributed by atoms with E-state index in [0.29, 0.717) is 36.4 Å². The molecule has 31 heavy (non-hydrogen) atoms. The Hall–Kier alpha value is -3.60. The Bertz CT molecular complexity index is 1040. The van der Waals surface area contributed by atoms with Gasteiger partial charge in [0.1, 0.15) is 5.75 Å². The standard InChI is InChI=1S/C26H26N2O3/c1-2-31-24-11-7-6-10-23(24)27-16-18-28(19-17-27)26(30)22-14-12-21(13-15-22)25(29)20-8-4-3-5-9-20/h3-15H,2,16-19H2,1H3. The molecule has 0 radical (unpaired) electrons. The lowest BCUT2D eigenvalue weighted by atomic mass is 10.0. The number of nitrogens with zero attached hydrogens (tertiary/aromatic N) is 2. The van der Waals surface area contributed by atoms with Crippen LogP contribution in [0.25, 0.3) is 0 Å². The molecule has 1 aliphatic rings. The van der Waals surface area contributed by atoms with Gasteiger partial charge in [0.25, 0.3) is 5.91 Å². The minimum absolute atomic E-state index is 0.00328. The van der Waals surface area contributed by atoms with Crippen LogP contribution in [-0.2, 0) is 0 Å². The largest absolute Gasteiger partial charge is 0.492 e. The predicted octanol–water partition coefficient (Wildman–Crippen LogP) is 4.28. The number of ketones is 1. The van der Waals surface area contributed by atoms with Gasteiger partial charge in [0.05, 0.1) is 12.3 Å². The molecule has 0 unspecified atom stereocenters. The van der Waals surface area contributed by atoms with Crippen LogP contribution in [0.2, 0.25) is 0 Å². The number of anilines is 1. The zero-order valence-electron chi connectivity index (χ0n) is 17.7. The van der Waals surface area contributed by atoms with Crippen LogP contribution in [0, 0.1) is 0 Å². The molecule has 3 aromatic carbocycles. The van der Waals surface area contributed by atoms with Gasteiger partial charge in [-0.05, 0) is 31.2 Å². The van der Waals surface area contributed by atoms with E-state index in [1.165, 1.54) is 0 Å². The van der Waals surface area contributed by atoms with E-state index in [9.17, 15) is 9.59 Å². The lowest BCUT2D eigenvalue weighted by molar-refractivity contribution is 0.0746. The fraction of sp³-hybridized carbons (Fsp3) is 0.231. The highest BCUT2D eigenvalue weighted by Gasteiger charge is 2.24. The van der Waals surface area contributed by atoms with Crippen molar-refractivity contribution in [2.45, 2.75) is 6.92 Å². The van der Waals surface area contributed by atoms with Crippen molar-refractivity contribution >= 4 is 17.4 Å². The number of carbonyl (C=O) groups is 2. The number of amides is 1. The Kier molecular flexibility index (Phi) is 6.32. The molecule has 4 rings (SSSR count). The van der Waals surface area contributed by atoms with Crippen molar-refractivity contribution in [3.63, 3.8) is 0 Å². The molecule has 3 aromatic rings. The summed E-state index contributed by atoms with van der Waals surface area (Å²) in [6.45, 7) is 5.39. The van der Waals surface area contributed by atoms with Crippen LogP contribution in [0.1, 0.15) is 33.2 Å². The summed E-state index contributed by atoms with van der Waals surface area (Å²) in [6, 6.07) is 24.1. The Balaban J connectivity index is 1.39. The quantitative estimate of drug-likeness (QED) is 0.565. The lowest BCUT2D eigenvalue weighted by Crippen LogP contribution is -2.48. The maximum absolute atomic E-state index is 13.0. The minimum Gasteiger partial charge on any atom is -0.492 e. The Morgan fingerprint density at radius 2 is 1.32 bits per heavy atom. The molecule has 0 saturated carbocycles. The van der Waals surface area contributed by atoms with Crippen LogP contribution < -0.4 is 9.64 Å². The first-order valence-corrected chi connectivity index (χ1v) is 10.6. The SMILES string of the molecule is CCOc1ccccc1N1CCN(C(=O)c2ccc(C(=O)c3ccccc3)cc2)CC1. The van der Waals surface area contributed by atoms with E-state index in [1.54, 1.807) is 36.4 Å². The highest BCUT2D eigenvalue weighted by atomic mass is 16.5. The highest BCUT2D eigenvalue weighted by Crippen LogP contribution is 2.29.